The summed E-state index contributed by atoms with van der Waals surface area (Å²) in [5, 5.41) is 0. The van der Waals surface area contributed by atoms with Gasteiger partial charge in [-0.05, 0) is 48.9 Å². The summed E-state index contributed by atoms with van der Waals surface area (Å²) < 4.78 is 0. The molecular formula is C22H44. The molecule has 0 atom stereocenters. The predicted molar refractivity (Wildman–Crippen MR) is 101 cm³/mol. The molecule has 132 valence electrons. The van der Waals surface area contributed by atoms with Gasteiger partial charge in [-0.2, -0.15) is 0 Å². The van der Waals surface area contributed by atoms with E-state index in [0.717, 1.165) is 17.8 Å². The Morgan fingerprint density at radius 2 is 1.36 bits per heavy atom. The van der Waals surface area contributed by atoms with Gasteiger partial charge >= 0.3 is 0 Å². The van der Waals surface area contributed by atoms with Crippen LogP contribution in [0, 0.1) is 23.2 Å². The Bertz CT molecular complexity index is 247. The van der Waals surface area contributed by atoms with E-state index in [-0.39, 0.29) is 0 Å². The van der Waals surface area contributed by atoms with E-state index in [2.05, 4.69) is 34.6 Å². The maximum Gasteiger partial charge on any atom is -0.0293 e. The van der Waals surface area contributed by atoms with Gasteiger partial charge in [0.15, 0.2) is 0 Å². The second-order valence-electron chi connectivity index (χ2n) is 9.20. The van der Waals surface area contributed by atoms with Crippen LogP contribution < -0.4 is 0 Å². The molecule has 0 saturated heterocycles. The molecule has 0 aromatic heterocycles. The fourth-order valence-electron chi connectivity index (χ4n) is 5.13. The molecule has 0 bridgehead atoms. The van der Waals surface area contributed by atoms with Crippen molar-refractivity contribution in [2.75, 3.05) is 0 Å². The second-order valence-corrected chi connectivity index (χ2v) is 9.20. The van der Waals surface area contributed by atoms with Crippen molar-refractivity contribution in [1.29, 1.82) is 0 Å². The van der Waals surface area contributed by atoms with Gasteiger partial charge in [0.25, 0.3) is 0 Å². The molecule has 1 rings (SSSR count). The summed E-state index contributed by atoms with van der Waals surface area (Å²) in [5.41, 5.74) is 0.647. The summed E-state index contributed by atoms with van der Waals surface area (Å²) in [6.07, 6.45) is 19.2. The molecule has 1 aliphatic rings. The SMILES string of the molecule is CCCCC(CCCCC1CCCC1)(CC(C)C)CC(C)C. The third-order valence-corrected chi connectivity index (χ3v) is 5.79. The number of rotatable bonds is 12. The lowest BCUT2D eigenvalue weighted by Gasteiger charge is -2.38. The summed E-state index contributed by atoms with van der Waals surface area (Å²) in [4.78, 5) is 0. The first kappa shape index (κ1) is 20.0. The second kappa shape index (κ2) is 10.7. The lowest BCUT2D eigenvalue weighted by atomic mass is 9.68. The molecule has 0 N–H and O–H groups in total. The van der Waals surface area contributed by atoms with Crippen LogP contribution in [-0.4, -0.2) is 0 Å². The van der Waals surface area contributed by atoms with Gasteiger partial charge in [0.1, 0.15) is 0 Å². The van der Waals surface area contributed by atoms with E-state index in [9.17, 15) is 0 Å². The molecule has 1 fully saturated rings. The molecule has 1 aliphatic carbocycles. The molecule has 1 saturated carbocycles. The fourth-order valence-corrected chi connectivity index (χ4v) is 5.13. The van der Waals surface area contributed by atoms with Gasteiger partial charge in [0.2, 0.25) is 0 Å². The molecule has 0 heteroatoms. The van der Waals surface area contributed by atoms with E-state index in [1.165, 1.54) is 83.5 Å². The highest BCUT2D eigenvalue weighted by molar-refractivity contribution is 4.82. The van der Waals surface area contributed by atoms with Crippen molar-refractivity contribution < 1.29 is 0 Å². The number of hydrogen-bond acceptors (Lipinski definition) is 0. The van der Waals surface area contributed by atoms with Gasteiger partial charge in [0.05, 0.1) is 0 Å². The largest absolute Gasteiger partial charge is 0.0654 e. The minimum Gasteiger partial charge on any atom is -0.0654 e. The highest BCUT2D eigenvalue weighted by atomic mass is 14.4. The van der Waals surface area contributed by atoms with Crippen LogP contribution in [0.2, 0.25) is 0 Å². The van der Waals surface area contributed by atoms with Crippen LogP contribution in [0.15, 0.2) is 0 Å². The van der Waals surface area contributed by atoms with Crippen LogP contribution in [-0.2, 0) is 0 Å². The van der Waals surface area contributed by atoms with Crippen molar-refractivity contribution in [3.8, 4) is 0 Å². The third-order valence-electron chi connectivity index (χ3n) is 5.79. The first-order valence-electron chi connectivity index (χ1n) is 10.5. The zero-order valence-electron chi connectivity index (χ0n) is 16.4. The topological polar surface area (TPSA) is 0 Å². The van der Waals surface area contributed by atoms with Crippen LogP contribution in [0.25, 0.3) is 0 Å². The van der Waals surface area contributed by atoms with Crippen molar-refractivity contribution in [3.05, 3.63) is 0 Å². The molecule has 0 nitrogen and oxygen atoms in total. The molecule has 0 spiro atoms. The maximum absolute atomic E-state index is 2.43. The quantitative estimate of drug-likeness (QED) is 0.320. The monoisotopic (exact) mass is 308 g/mol. The van der Waals surface area contributed by atoms with E-state index in [0.29, 0.717) is 5.41 Å². The van der Waals surface area contributed by atoms with Crippen LogP contribution in [0.4, 0.5) is 0 Å². The molecule has 0 amide bonds. The molecule has 0 unspecified atom stereocenters. The van der Waals surface area contributed by atoms with Crippen LogP contribution in [0.5, 0.6) is 0 Å². The fraction of sp³-hybridized carbons (Fsp3) is 1.00. The van der Waals surface area contributed by atoms with Crippen molar-refractivity contribution >= 4 is 0 Å². The average molecular weight is 309 g/mol. The molecular weight excluding hydrogens is 264 g/mol. The van der Waals surface area contributed by atoms with Crippen LogP contribution in [0.1, 0.15) is 118 Å². The summed E-state index contributed by atoms with van der Waals surface area (Å²) in [7, 11) is 0. The summed E-state index contributed by atoms with van der Waals surface area (Å²) >= 11 is 0. The van der Waals surface area contributed by atoms with Crippen LogP contribution >= 0.6 is 0 Å². The molecule has 0 aliphatic heterocycles. The van der Waals surface area contributed by atoms with Gasteiger partial charge in [-0.3, -0.25) is 0 Å². The molecule has 22 heavy (non-hydrogen) atoms. The van der Waals surface area contributed by atoms with Crippen molar-refractivity contribution in [1.82, 2.24) is 0 Å². The van der Waals surface area contributed by atoms with E-state index >= 15 is 0 Å². The minimum absolute atomic E-state index is 0.647. The van der Waals surface area contributed by atoms with Crippen molar-refractivity contribution in [2.24, 2.45) is 23.2 Å². The van der Waals surface area contributed by atoms with Crippen molar-refractivity contribution in [3.63, 3.8) is 0 Å². The average Bonchev–Trinajstić information content (AvgIpc) is 2.93. The third kappa shape index (κ3) is 8.02. The standard InChI is InChI=1S/C22H44/c1-6-7-15-22(17-19(2)3,18-20(4)5)16-11-10-14-21-12-8-9-13-21/h19-21H,6-18H2,1-5H3. The highest BCUT2D eigenvalue weighted by Gasteiger charge is 2.30. The summed E-state index contributed by atoms with van der Waals surface area (Å²) in [5.74, 6) is 2.79. The smallest absolute Gasteiger partial charge is 0.0293 e. The Hall–Kier alpha value is 0. The summed E-state index contributed by atoms with van der Waals surface area (Å²) in [6.45, 7) is 12.1. The molecule has 0 aromatic rings. The predicted octanol–water partition coefficient (Wildman–Crippen LogP) is 8.01. The molecule has 0 radical (unpaired) electrons. The van der Waals surface area contributed by atoms with Crippen molar-refractivity contribution in [2.45, 2.75) is 118 Å². The first-order valence-corrected chi connectivity index (χ1v) is 10.5. The highest BCUT2D eigenvalue weighted by Crippen LogP contribution is 2.43. The Morgan fingerprint density at radius 3 is 1.86 bits per heavy atom. The van der Waals surface area contributed by atoms with Gasteiger partial charge in [-0.15, -0.1) is 0 Å². The Labute approximate surface area is 141 Å². The Kier molecular flexibility index (Phi) is 9.76. The Balaban J connectivity index is 2.48. The lowest BCUT2D eigenvalue weighted by Crippen LogP contribution is -2.25. The van der Waals surface area contributed by atoms with Gasteiger partial charge in [0, 0.05) is 0 Å². The molecule has 0 aromatic carbocycles. The Morgan fingerprint density at radius 1 is 0.818 bits per heavy atom. The molecule has 0 heterocycles. The van der Waals surface area contributed by atoms with E-state index in [1.807, 2.05) is 0 Å². The van der Waals surface area contributed by atoms with Crippen LogP contribution in [0.3, 0.4) is 0 Å². The van der Waals surface area contributed by atoms with Gasteiger partial charge < -0.3 is 0 Å². The van der Waals surface area contributed by atoms with Gasteiger partial charge in [-0.25, -0.2) is 0 Å². The van der Waals surface area contributed by atoms with E-state index < -0.39 is 0 Å². The lowest BCUT2D eigenvalue weighted by molar-refractivity contribution is 0.139. The number of hydrogen-bond donors (Lipinski definition) is 0. The summed E-state index contributed by atoms with van der Waals surface area (Å²) in [6, 6.07) is 0. The zero-order chi connectivity index (χ0) is 16.4. The first-order chi connectivity index (χ1) is 10.5. The zero-order valence-corrected chi connectivity index (χ0v) is 16.4. The van der Waals surface area contributed by atoms with E-state index in [4.69, 9.17) is 0 Å². The normalized spacial score (nSPS) is 17.0. The number of unbranched alkanes of at least 4 members (excludes halogenated alkanes) is 2. The van der Waals surface area contributed by atoms with E-state index in [1.54, 1.807) is 0 Å². The minimum atomic E-state index is 0.647. The maximum atomic E-state index is 2.43. The van der Waals surface area contributed by atoms with Gasteiger partial charge in [-0.1, -0.05) is 92.4 Å².